The fourth-order valence-corrected chi connectivity index (χ4v) is 2.88. The third kappa shape index (κ3) is 3.47. The van der Waals surface area contributed by atoms with E-state index in [1.165, 1.54) is 6.42 Å². The van der Waals surface area contributed by atoms with Gasteiger partial charge in [-0.05, 0) is 36.4 Å². The Morgan fingerprint density at radius 3 is 2.72 bits per heavy atom. The van der Waals surface area contributed by atoms with Gasteiger partial charge < -0.3 is 10.0 Å². The number of hydrogen-bond donors (Lipinski definition) is 1. The van der Waals surface area contributed by atoms with Gasteiger partial charge in [-0.15, -0.1) is 0 Å². The van der Waals surface area contributed by atoms with Crippen molar-refractivity contribution in [2.75, 3.05) is 19.6 Å². The molecule has 0 spiro atoms. The van der Waals surface area contributed by atoms with Gasteiger partial charge in [-0.1, -0.05) is 43.6 Å². The number of aliphatic hydroxyl groups is 1. The zero-order chi connectivity index (χ0) is 13.2. The number of aliphatic hydroxyl groups excluding tert-OH is 1. The van der Waals surface area contributed by atoms with Crippen molar-refractivity contribution >= 4 is 11.6 Å². The van der Waals surface area contributed by atoms with Gasteiger partial charge >= 0.3 is 0 Å². The average Bonchev–Trinajstić information content (AvgIpc) is 2.66. The molecule has 1 saturated heterocycles. The molecule has 18 heavy (non-hydrogen) atoms. The highest BCUT2D eigenvalue weighted by Gasteiger charge is 2.29. The Morgan fingerprint density at radius 1 is 1.39 bits per heavy atom. The molecular weight excluding hydrogens is 246 g/mol. The first-order chi connectivity index (χ1) is 8.48. The molecule has 0 aromatic heterocycles. The first kappa shape index (κ1) is 13.9. The van der Waals surface area contributed by atoms with Crippen molar-refractivity contribution < 1.29 is 5.11 Å². The lowest BCUT2D eigenvalue weighted by molar-refractivity contribution is 0.146. The van der Waals surface area contributed by atoms with Crippen LogP contribution < -0.4 is 0 Å². The predicted octanol–water partition coefficient (Wildman–Crippen LogP) is 3.50. The molecule has 0 saturated carbocycles. The lowest BCUT2D eigenvalue weighted by atomic mass is 9.93. The van der Waals surface area contributed by atoms with Crippen LogP contribution in [0.4, 0.5) is 0 Å². The predicted molar refractivity (Wildman–Crippen MR) is 75.9 cm³/mol. The third-order valence-electron chi connectivity index (χ3n) is 3.74. The molecule has 1 atom stereocenters. The smallest absolute Gasteiger partial charge is 0.0816 e. The van der Waals surface area contributed by atoms with Gasteiger partial charge in [0.05, 0.1) is 6.10 Å². The Bertz CT molecular complexity index is 405. The average molecular weight is 268 g/mol. The van der Waals surface area contributed by atoms with Gasteiger partial charge in [0.15, 0.2) is 0 Å². The van der Waals surface area contributed by atoms with E-state index in [4.69, 9.17) is 11.6 Å². The summed E-state index contributed by atoms with van der Waals surface area (Å²) in [7, 11) is 0. The molecule has 0 amide bonds. The van der Waals surface area contributed by atoms with Crippen molar-refractivity contribution in [1.82, 2.24) is 4.90 Å². The zero-order valence-corrected chi connectivity index (χ0v) is 12.0. The third-order valence-corrected chi connectivity index (χ3v) is 4.08. The van der Waals surface area contributed by atoms with Gasteiger partial charge in [-0.2, -0.15) is 0 Å². The van der Waals surface area contributed by atoms with Crippen molar-refractivity contribution in [2.24, 2.45) is 5.41 Å². The Hall–Kier alpha value is -0.570. The van der Waals surface area contributed by atoms with Crippen molar-refractivity contribution in [2.45, 2.75) is 32.8 Å². The zero-order valence-electron chi connectivity index (χ0n) is 11.2. The molecule has 2 rings (SSSR count). The summed E-state index contributed by atoms with van der Waals surface area (Å²) in [5, 5.41) is 10.8. The molecule has 1 unspecified atom stereocenters. The summed E-state index contributed by atoms with van der Waals surface area (Å²) in [5.74, 6) is 0. The first-order valence-corrected chi connectivity index (χ1v) is 7.01. The van der Waals surface area contributed by atoms with Crippen LogP contribution in [0.2, 0.25) is 5.02 Å². The molecule has 1 aromatic rings. The second-order valence-electron chi connectivity index (χ2n) is 6.02. The number of halogens is 1. The topological polar surface area (TPSA) is 23.5 Å². The fraction of sp³-hybridized carbons (Fsp3) is 0.600. The van der Waals surface area contributed by atoms with Gasteiger partial charge in [-0.25, -0.2) is 0 Å². The summed E-state index contributed by atoms with van der Waals surface area (Å²) in [6.45, 7) is 7.81. The molecule has 1 fully saturated rings. The van der Waals surface area contributed by atoms with Gasteiger partial charge in [0.1, 0.15) is 0 Å². The molecule has 2 nitrogen and oxygen atoms in total. The molecule has 0 aliphatic carbocycles. The first-order valence-electron chi connectivity index (χ1n) is 6.63. The highest BCUT2D eigenvalue weighted by Crippen LogP contribution is 2.30. The van der Waals surface area contributed by atoms with Crippen LogP contribution in [0.3, 0.4) is 0 Å². The number of benzene rings is 1. The van der Waals surface area contributed by atoms with Crippen molar-refractivity contribution in [3.8, 4) is 0 Å². The van der Waals surface area contributed by atoms with E-state index in [1.807, 2.05) is 24.3 Å². The number of hydrogen-bond acceptors (Lipinski definition) is 2. The maximum Gasteiger partial charge on any atom is 0.0816 e. The van der Waals surface area contributed by atoms with Crippen LogP contribution in [0.1, 0.15) is 38.4 Å². The quantitative estimate of drug-likeness (QED) is 0.903. The minimum absolute atomic E-state index is 0.426. The van der Waals surface area contributed by atoms with Crippen LogP contribution in [-0.4, -0.2) is 29.6 Å². The monoisotopic (exact) mass is 267 g/mol. The molecule has 0 radical (unpaired) electrons. The van der Waals surface area contributed by atoms with E-state index in [-0.39, 0.29) is 0 Å². The summed E-state index contributed by atoms with van der Waals surface area (Å²) < 4.78 is 0. The molecule has 1 aromatic carbocycles. The van der Waals surface area contributed by atoms with Gasteiger partial charge in [0.25, 0.3) is 0 Å². The summed E-state index contributed by atoms with van der Waals surface area (Å²) in [6.07, 6.45) is 1.54. The van der Waals surface area contributed by atoms with Crippen LogP contribution in [0.25, 0.3) is 0 Å². The molecule has 1 N–H and O–H groups in total. The minimum atomic E-state index is -0.456. The highest BCUT2D eigenvalue weighted by molar-refractivity contribution is 6.31. The number of nitrogens with zero attached hydrogens (tertiary/aromatic N) is 1. The van der Waals surface area contributed by atoms with E-state index in [1.54, 1.807) is 0 Å². The van der Waals surface area contributed by atoms with Crippen molar-refractivity contribution in [1.29, 1.82) is 0 Å². The second kappa shape index (κ2) is 5.60. The molecule has 0 bridgehead atoms. The van der Waals surface area contributed by atoms with Crippen LogP contribution in [0.15, 0.2) is 24.3 Å². The Balaban J connectivity index is 1.86. The Labute approximate surface area is 115 Å². The van der Waals surface area contributed by atoms with Gasteiger partial charge in [0.2, 0.25) is 0 Å². The molecule has 100 valence electrons. The fourth-order valence-electron chi connectivity index (χ4n) is 2.62. The van der Waals surface area contributed by atoms with E-state index in [0.717, 1.165) is 31.6 Å². The summed E-state index contributed by atoms with van der Waals surface area (Å²) in [6, 6.07) is 7.55. The normalized spacial score (nSPS) is 21.1. The van der Waals surface area contributed by atoms with Crippen molar-refractivity contribution in [3.63, 3.8) is 0 Å². The Morgan fingerprint density at radius 2 is 2.11 bits per heavy atom. The van der Waals surface area contributed by atoms with E-state index in [9.17, 15) is 5.11 Å². The maximum atomic E-state index is 10.2. The van der Waals surface area contributed by atoms with Crippen LogP contribution in [-0.2, 0) is 0 Å². The van der Waals surface area contributed by atoms with E-state index in [2.05, 4.69) is 18.7 Å². The standard InChI is InChI=1S/C15H22ClNO/c1-15(2)8-10-17(11-15)9-7-14(18)12-5-3-4-6-13(12)16/h3-6,14,18H,7-11H2,1-2H3. The number of rotatable bonds is 4. The largest absolute Gasteiger partial charge is 0.388 e. The molecule has 1 heterocycles. The van der Waals surface area contributed by atoms with Crippen LogP contribution in [0, 0.1) is 5.41 Å². The lowest BCUT2D eigenvalue weighted by Gasteiger charge is -2.21. The summed E-state index contributed by atoms with van der Waals surface area (Å²) in [5.41, 5.74) is 1.27. The van der Waals surface area contributed by atoms with Gasteiger partial charge in [0, 0.05) is 18.1 Å². The van der Waals surface area contributed by atoms with Gasteiger partial charge in [-0.3, -0.25) is 0 Å². The summed E-state index contributed by atoms with van der Waals surface area (Å²) in [4.78, 5) is 2.43. The second-order valence-corrected chi connectivity index (χ2v) is 6.42. The maximum absolute atomic E-state index is 10.2. The van der Waals surface area contributed by atoms with Crippen molar-refractivity contribution in [3.05, 3.63) is 34.9 Å². The van der Waals surface area contributed by atoms with E-state index < -0.39 is 6.10 Å². The lowest BCUT2D eigenvalue weighted by Crippen LogP contribution is -2.25. The molecule has 1 aliphatic rings. The molecule has 1 aliphatic heterocycles. The van der Waals surface area contributed by atoms with Crippen LogP contribution in [0.5, 0.6) is 0 Å². The summed E-state index contributed by atoms with van der Waals surface area (Å²) >= 11 is 6.09. The van der Waals surface area contributed by atoms with E-state index >= 15 is 0 Å². The highest BCUT2D eigenvalue weighted by atomic mass is 35.5. The SMILES string of the molecule is CC1(C)CCN(CCC(O)c2ccccc2Cl)C1. The van der Waals surface area contributed by atoms with E-state index in [0.29, 0.717) is 10.4 Å². The molecule has 3 heteroatoms. The number of likely N-dealkylation sites (tertiary alicyclic amines) is 1. The van der Waals surface area contributed by atoms with Crippen LogP contribution >= 0.6 is 11.6 Å². The Kier molecular flexibility index (Phi) is 4.31. The molecular formula is C15H22ClNO. The minimum Gasteiger partial charge on any atom is -0.388 e.